The van der Waals surface area contributed by atoms with Crippen LogP contribution < -0.4 is 10.6 Å². The monoisotopic (exact) mass is 388 g/mol. The third kappa shape index (κ3) is 4.14. The van der Waals surface area contributed by atoms with Crippen molar-refractivity contribution in [3.05, 3.63) is 28.0 Å². The van der Waals surface area contributed by atoms with Crippen molar-refractivity contribution in [2.24, 2.45) is 5.92 Å². The summed E-state index contributed by atoms with van der Waals surface area (Å²) in [6.45, 7) is 1.85. The van der Waals surface area contributed by atoms with Crippen LogP contribution in [-0.4, -0.2) is 65.1 Å². The van der Waals surface area contributed by atoms with Crippen molar-refractivity contribution in [3.63, 3.8) is 0 Å². The van der Waals surface area contributed by atoms with E-state index in [1.54, 1.807) is 0 Å². The number of β-amino-alcohol motifs (C(OH)–C–C–N with tert-alkyl or cyclic N) is 1. The molecule has 0 bridgehead atoms. The topological polar surface area (TPSA) is 138 Å². The van der Waals surface area contributed by atoms with Gasteiger partial charge in [-0.15, -0.1) is 12.4 Å². The highest BCUT2D eigenvalue weighted by Crippen LogP contribution is 2.23. The van der Waals surface area contributed by atoms with Crippen LogP contribution in [0.4, 0.5) is 5.88 Å². The van der Waals surface area contributed by atoms with Gasteiger partial charge in [0, 0.05) is 32.1 Å². The van der Waals surface area contributed by atoms with Crippen LogP contribution in [0.5, 0.6) is 0 Å². The lowest BCUT2D eigenvalue weighted by Crippen LogP contribution is -2.47. The number of aliphatic hydroxyl groups excluding tert-OH is 1. The standard InChI is InChI=1S/C15H20N4O6.ClH/c20-11-8-16-6-9(11)7-17-14(21)10-2-1-5-18(10)15(22)12-3-4-13(25-12)19(23)24;/h3-4,9-11,16,20H,1-2,5-8H2,(H,17,21);1H. The number of nitro groups is 1. The maximum Gasteiger partial charge on any atom is 0.433 e. The van der Waals surface area contributed by atoms with Gasteiger partial charge in [-0.05, 0) is 18.9 Å². The summed E-state index contributed by atoms with van der Waals surface area (Å²) in [5, 5.41) is 26.3. The molecule has 3 rings (SSSR count). The number of likely N-dealkylation sites (tertiary alicyclic amines) is 1. The molecule has 0 aliphatic carbocycles. The summed E-state index contributed by atoms with van der Waals surface area (Å²) in [6, 6.07) is 1.73. The molecule has 3 unspecified atom stereocenters. The van der Waals surface area contributed by atoms with Crippen LogP contribution in [0, 0.1) is 16.0 Å². The Kier molecular flexibility index (Phi) is 6.57. The number of amides is 2. The zero-order chi connectivity index (χ0) is 18.0. The first-order valence-corrected chi connectivity index (χ1v) is 8.19. The first kappa shape index (κ1) is 20.1. The van der Waals surface area contributed by atoms with Gasteiger partial charge in [0.05, 0.1) is 12.2 Å². The first-order chi connectivity index (χ1) is 12.0. The average Bonchev–Trinajstić information content (AvgIpc) is 3.32. The Bertz CT molecular complexity index is 681. The van der Waals surface area contributed by atoms with E-state index in [1.807, 2.05) is 0 Å². The van der Waals surface area contributed by atoms with Crippen molar-refractivity contribution in [2.75, 3.05) is 26.2 Å². The van der Waals surface area contributed by atoms with Gasteiger partial charge in [0.25, 0.3) is 5.91 Å². The summed E-state index contributed by atoms with van der Waals surface area (Å²) < 4.78 is 4.94. The summed E-state index contributed by atoms with van der Waals surface area (Å²) in [5.74, 6) is -1.53. The molecule has 3 atom stereocenters. The molecule has 2 amide bonds. The molecule has 2 aliphatic heterocycles. The fraction of sp³-hybridized carbons (Fsp3) is 0.600. The van der Waals surface area contributed by atoms with Crippen molar-refractivity contribution in [3.8, 4) is 0 Å². The van der Waals surface area contributed by atoms with Gasteiger partial charge in [0.15, 0.2) is 5.76 Å². The molecule has 10 nitrogen and oxygen atoms in total. The Balaban J connectivity index is 0.00000243. The highest BCUT2D eigenvalue weighted by Gasteiger charge is 2.36. The van der Waals surface area contributed by atoms with E-state index in [-0.39, 0.29) is 30.0 Å². The van der Waals surface area contributed by atoms with E-state index in [9.17, 15) is 24.8 Å². The average molecular weight is 389 g/mol. The van der Waals surface area contributed by atoms with Gasteiger partial charge < -0.3 is 25.1 Å². The van der Waals surface area contributed by atoms with Crippen LogP contribution in [0.15, 0.2) is 16.5 Å². The van der Waals surface area contributed by atoms with Crippen molar-refractivity contribution < 1.29 is 24.0 Å². The minimum absolute atomic E-state index is 0. The largest absolute Gasteiger partial charge is 0.433 e. The fourth-order valence-electron chi connectivity index (χ4n) is 3.24. The van der Waals surface area contributed by atoms with Gasteiger partial charge >= 0.3 is 5.88 Å². The fourth-order valence-corrected chi connectivity index (χ4v) is 3.24. The second-order valence-electron chi connectivity index (χ2n) is 6.28. The van der Waals surface area contributed by atoms with E-state index in [0.717, 1.165) is 6.07 Å². The van der Waals surface area contributed by atoms with Gasteiger partial charge in [0.1, 0.15) is 11.0 Å². The lowest BCUT2D eigenvalue weighted by Gasteiger charge is -2.24. The Morgan fingerprint density at radius 2 is 2.19 bits per heavy atom. The smallest absolute Gasteiger partial charge is 0.395 e. The van der Waals surface area contributed by atoms with E-state index < -0.39 is 28.9 Å². The van der Waals surface area contributed by atoms with Crippen LogP contribution in [0.25, 0.3) is 0 Å². The van der Waals surface area contributed by atoms with Gasteiger partial charge in [-0.2, -0.15) is 0 Å². The number of furan rings is 1. The summed E-state index contributed by atoms with van der Waals surface area (Å²) in [5.41, 5.74) is 0. The van der Waals surface area contributed by atoms with Crippen LogP contribution >= 0.6 is 12.4 Å². The number of hydrogen-bond acceptors (Lipinski definition) is 7. The molecule has 0 aromatic carbocycles. The van der Waals surface area contributed by atoms with E-state index in [0.29, 0.717) is 39.0 Å². The summed E-state index contributed by atoms with van der Waals surface area (Å²) >= 11 is 0. The van der Waals surface area contributed by atoms with E-state index in [4.69, 9.17) is 4.42 Å². The second kappa shape index (κ2) is 8.47. The van der Waals surface area contributed by atoms with E-state index in [1.165, 1.54) is 11.0 Å². The number of carbonyl (C=O) groups excluding carboxylic acids is 2. The number of nitrogens with zero attached hydrogens (tertiary/aromatic N) is 2. The molecule has 1 aromatic heterocycles. The number of rotatable bonds is 5. The Morgan fingerprint density at radius 3 is 2.81 bits per heavy atom. The molecular weight excluding hydrogens is 368 g/mol. The van der Waals surface area contributed by atoms with Crippen LogP contribution in [-0.2, 0) is 4.79 Å². The number of nitrogens with one attached hydrogen (secondary N) is 2. The Morgan fingerprint density at radius 1 is 1.42 bits per heavy atom. The molecule has 2 fully saturated rings. The maximum absolute atomic E-state index is 12.5. The first-order valence-electron chi connectivity index (χ1n) is 8.19. The van der Waals surface area contributed by atoms with Gasteiger partial charge in [0.2, 0.25) is 5.91 Å². The zero-order valence-electron chi connectivity index (χ0n) is 13.9. The molecule has 0 saturated carbocycles. The molecule has 3 N–H and O–H groups in total. The highest BCUT2D eigenvalue weighted by atomic mass is 35.5. The Hall–Kier alpha value is -2.17. The Labute approximate surface area is 155 Å². The minimum atomic E-state index is -0.716. The predicted octanol–water partition coefficient (Wildman–Crippen LogP) is -0.0893. The molecule has 144 valence electrons. The lowest BCUT2D eigenvalue weighted by atomic mass is 10.1. The molecule has 3 heterocycles. The van der Waals surface area contributed by atoms with Crippen molar-refractivity contribution in [1.82, 2.24) is 15.5 Å². The molecule has 26 heavy (non-hydrogen) atoms. The third-order valence-electron chi connectivity index (χ3n) is 4.64. The molecule has 11 heteroatoms. The summed E-state index contributed by atoms with van der Waals surface area (Å²) in [7, 11) is 0. The summed E-state index contributed by atoms with van der Waals surface area (Å²) in [6.07, 6.45) is 0.691. The van der Waals surface area contributed by atoms with Crippen molar-refractivity contribution >= 4 is 30.1 Å². The van der Waals surface area contributed by atoms with Crippen LogP contribution in [0.1, 0.15) is 23.4 Å². The summed E-state index contributed by atoms with van der Waals surface area (Å²) in [4.78, 5) is 36.2. The quantitative estimate of drug-likeness (QED) is 0.473. The SMILES string of the molecule is Cl.O=C(NCC1CNCC1O)C1CCCN1C(=O)c1ccc([N+](=O)[O-])o1. The zero-order valence-corrected chi connectivity index (χ0v) is 14.7. The number of halogens is 1. The van der Waals surface area contributed by atoms with Gasteiger partial charge in [-0.25, -0.2) is 0 Å². The minimum Gasteiger partial charge on any atom is -0.395 e. The van der Waals surface area contributed by atoms with Crippen LogP contribution in [0.2, 0.25) is 0 Å². The van der Waals surface area contributed by atoms with Crippen LogP contribution in [0.3, 0.4) is 0 Å². The molecule has 0 radical (unpaired) electrons. The number of hydrogen-bond donors (Lipinski definition) is 3. The third-order valence-corrected chi connectivity index (χ3v) is 4.64. The molecule has 2 aliphatic rings. The number of carbonyl (C=O) groups is 2. The molecule has 1 aromatic rings. The van der Waals surface area contributed by atoms with Crippen molar-refractivity contribution in [1.29, 1.82) is 0 Å². The lowest BCUT2D eigenvalue weighted by molar-refractivity contribution is -0.402. The second-order valence-corrected chi connectivity index (χ2v) is 6.28. The van der Waals surface area contributed by atoms with Gasteiger partial charge in [-0.1, -0.05) is 0 Å². The normalized spacial score (nSPS) is 25.0. The molecule has 0 spiro atoms. The predicted molar refractivity (Wildman–Crippen MR) is 92.0 cm³/mol. The number of aliphatic hydroxyl groups is 1. The maximum atomic E-state index is 12.5. The highest BCUT2D eigenvalue weighted by molar-refractivity contribution is 5.96. The van der Waals surface area contributed by atoms with Gasteiger partial charge in [-0.3, -0.25) is 19.7 Å². The van der Waals surface area contributed by atoms with E-state index >= 15 is 0 Å². The molecular formula is C15H21ClN4O6. The van der Waals surface area contributed by atoms with E-state index in [2.05, 4.69) is 10.6 Å². The molecule has 2 saturated heterocycles. The van der Waals surface area contributed by atoms with Crippen molar-refractivity contribution in [2.45, 2.75) is 25.0 Å².